The minimum atomic E-state index is -4.78. The summed E-state index contributed by atoms with van der Waals surface area (Å²) in [6.45, 7) is 0. The van der Waals surface area contributed by atoms with E-state index >= 15 is 0 Å². The molecule has 0 bridgehead atoms. The second-order valence-electron chi connectivity index (χ2n) is 10.5. The molecule has 0 aliphatic rings. The molecule has 18 heteroatoms. The first-order valence-electron chi connectivity index (χ1n) is 13.8. The van der Waals surface area contributed by atoms with Crippen LogP contribution in [0.25, 0.3) is 32.7 Å². The van der Waals surface area contributed by atoms with Gasteiger partial charge in [-0.25, -0.2) is 0 Å². The number of phenols is 2. The summed E-state index contributed by atoms with van der Waals surface area (Å²) in [6.07, 6.45) is 0. The van der Waals surface area contributed by atoms with Crippen LogP contribution in [0.4, 0.5) is 22.7 Å². The Kier molecular flexibility index (Phi) is 10.0. The molecule has 0 fully saturated rings. The molecule has 0 amide bonds. The first-order valence-corrected chi connectivity index (χ1v) is 19.9. The maximum Gasteiger partial charge on any atom is 0.296 e. The average molecular weight is 970 g/mol. The molecule has 0 aromatic heterocycles. The molecule has 4 N–H and O–H groups in total. The summed E-state index contributed by atoms with van der Waals surface area (Å²) in [4.78, 5) is -1.23. The lowest BCUT2D eigenvalue weighted by atomic mass is 10.1. The molecular formula is C32H18Br4N4O8S2. The van der Waals surface area contributed by atoms with Crippen molar-refractivity contribution in [3.63, 3.8) is 0 Å². The molecule has 50 heavy (non-hydrogen) atoms. The molecule has 0 aliphatic heterocycles. The molecule has 6 rings (SSSR count). The van der Waals surface area contributed by atoms with Gasteiger partial charge in [-0.2, -0.15) is 16.8 Å². The SMILES string of the molecule is O=S(=O)(O)c1cc2ccccc2c(O)c1/N=N/c1c(Br)cc(-c2cc(Br)c(/N=N/c3c(S(=O)(=O)O)cc4ccccc4c3O)c(Br)c2)cc1Br. The Morgan fingerprint density at radius 1 is 0.460 bits per heavy atom. The number of benzene rings is 6. The molecule has 254 valence electrons. The largest absolute Gasteiger partial charge is 0.505 e. The minimum absolute atomic E-state index is 0.246. The van der Waals surface area contributed by atoms with E-state index in [0.29, 0.717) is 50.6 Å². The number of nitrogens with zero attached hydrogens (tertiary/aromatic N) is 4. The zero-order chi connectivity index (χ0) is 36.1. The highest BCUT2D eigenvalue weighted by atomic mass is 79.9. The molecule has 0 atom stereocenters. The molecule has 0 heterocycles. The summed E-state index contributed by atoms with van der Waals surface area (Å²) >= 11 is 13.9. The smallest absolute Gasteiger partial charge is 0.296 e. The fourth-order valence-corrected chi connectivity index (χ4v) is 9.03. The molecule has 0 saturated heterocycles. The van der Waals surface area contributed by atoms with Crippen molar-refractivity contribution in [3.05, 3.63) is 103 Å². The highest BCUT2D eigenvalue weighted by Gasteiger charge is 2.24. The Bertz CT molecular complexity index is 2460. The summed E-state index contributed by atoms with van der Waals surface area (Å²) in [5.41, 5.74) is 0.952. The van der Waals surface area contributed by atoms with E-state index in [1.54, 1.807) is 72.8 Å². The van der Waals surface area contributed by atoms with Gasteiger partial charge < -0.3 is 10.2 Å². The Morgan fingerprint density at radius 3 is 1.08 bits per heavy atom. The van der Waals surface area contributed by atoms with Crippen molar-refractivity contribution < 1.29 is 36.2 Å². The van der Waals surface area contributed by atoms with Crippen molar-refractivity contribution in [2.75, 3.05) is 0 Å². The fourth-order valence-electron chi connectivity index (χ4n) is 5.03. The molecular weight excluding hydrogens is 952 g/mol. The topological polar surface area (TPSA) is 199 Å². The maximum atomic E-state index is 12.2. The van der Waals surface area contributed by atoms with Crippen LogP contribution in [0.15, 0.2) is 133 Å². The lowest BCUT2D eigenvalue weighted by Gasteiger charge is -2.11. The number of hydrogen-bond donors (Lipinski definition) is 4. The van der Waals surface area contributed by atoms with Gasteiger partial charge in [0, 0.05) is 28.7 Å². The van der Waals surface area contributed by atoms with Crippen LogP contribution in [-0.2, 0) is 20.2 Å². The Morgan fingerprint density at radius 2 is 0.760 bits per heavy atom. The third-order valence-corrected chi connectivity index (χ3v) is 11.5. The second-order valence-corrected chi connectivity index (χ2v) is 16.7. The number of halogens is 4. The molecule has 0 unspecified atom stereocenters. The van der Waals surface area contributed by atoms with Crippen LogP contribution in [0.2, 0.25) is 0 Å². The Balaban J connectivity index is 1.36. The number of phenolic OH excluding ortho intramolecular Hbond substituents is 2. The van der Waals surface area contributed by atoms with E-state index in [-0.39, 0.29) is 11.4 Å². The lowest BCUT2D eigenvalue weighted by Crippen LogP contribution is -1.99. The van der Waals surface area contributed by atoms with Gasteiger partial charge in [-0.15, -0.1) is 20.5 Å². The molecule has 0 spiro atoms. The minimum Gasteiger partial charge on any atom is -0.505 e. The van der Waals surface area contributed by atoms with Crippen LogP contribution < -0.4 is 0 Å². The molecule has 6 aromatic carbocycles. The van der Waals surface area contributed by atoms with E-state index in [1.807, 2.05) is 0 Å². The highest BCUT2D eigenvalue weighted by Crippen LogP contribution is 2.46. The maximum absolute atomic E-state index is 12.2. The summed E-state index contributed by atoms with van der Waals surface area (Å²) in [5.74, 6) is -0.944. The van der Waals surface area contributed by atoms with E-state index in [1.165, 1.54) is 12.1 Å². The summed E-state index contributed by atoms with van der Waals surface area (Å²) in [7, 11) is -9.55. The van der Waals surface area contributed by atoms with E-state index in [4.69, 9.17) is 0 Å². The van der Waals surface area contributed by atoms with Gasteiger partial charge in [0.25, 0.3) is 20.2 Å². The van der Waals surface area contributed by atoms with Crippen molar-refractivity contribution in [2.24, 2.45) is 20.5 Å². The lowest BCUT2D eigenvalue weighted by molar-refractivity contribution is 0.471. The number of azo groups is 2. The van der Waals surface area contributed by atoms with Gasteiger partial charge in [0.15, 0.2) is 11.5 Å². The van der Waals surface area contributed by atoms with E-state index in [9.17, 15) is 36.2 Å². The molecule has 0 saturated carbocycles. The normalized spacial score (nSPS) is 12.5. The zero-order valence-corrected chi connectivity index (χ0v) is 32.6. The average Bonchev–Trinajstić information content (AvgIpc) is 3.04. The van der Waals surface area contributed by atoms with Crippen LogP contribution in [-0.4, -0.2) is 36.2 Å². The molecule has 12 nitrogen and oxygen atoms in total. The van der Waals surface area contributed by atoms with Crippen LogP contribution in [0, 0.1) is 0 Å². The Labute approximate surface area is 317 Å². The van der Waals surface area contributed by atoms with Crippen molar-refractivity contribution in [1.29, 1.82) is 0 Å². The van der Waals surface area contributed by atoms with Crippen LogP contribution in [0.5, 0.6) is 11.5 Å². The monoisotopic (exact) mass is 966 g/mol. The van der Waals surface area contributed by atoms with Gasteiger partial charge in [0.1, 0.15) is 32.5 Å². The van der Waals surface area contributed by atoms with E-state index < -0.39 is 52.9 Å². The van der Waals surface area contributed by atoms with Gasteiger partial charge >= 0.3 is 0 Å². The van der Waals surface area contributed by atoms with Gasteiger partial charge in [0.2, 0.25) is 0 Å². The van der Waals surface area contributed by atoms with E-state index in [2.05, 4.69) is 84.2 Å². The van der Waals surface area contributed by atoms with Crippen molar-refractivity contribution in [2.45, 2.75) is 9.79 Å². The van der Waals surface area contributed by atoms with Crippen molar-refractivity contribution in [3.8, 4) is 22.6 Å². The van der Waals surface area contributed by atoms with Crippen molar-refractivity contribution >= 4 is 128 Å². The molecule has 6 aromatic rings. The second kappa shape index (κ2) is 13.8. The van der Waals surface area contributed by atoms with Crippen LogP contribution >= 0.6 is 63.7 Å². The summed E-state index contributed by atoms with van der Waals surface area (Å²) < 4.78 is 70.1. The predicted octanol–water partition coefficient (Wildman–Crippen LogP) is 11.4. The van der Waals surface area contributed by atoms with Gasteiger partial charge in [0.05, 0.1) is 0 Å². The first-order chi connectivity index (χ1) is 23.5. The quantitative estimate of drug-likeness (QED) is 0.0894. The number of hydrogen-bond acceptors (Lipinski definition) is 10. The van der Waals surface area contributed by atoms with E-state index in [0.717, 1.165) is 0 Å². The van der Waals surface area contributed by atoms with Crippen LogP contribution in [0.1, 0.15) is 0 Å². The predicted molar refractivity (Wildman–Crippen MR) is 202 cm³/mol. The molecule has 0 aliphatic carbocycles. The number of rotatable bonds is 7. The molecule has 0 radical (unpaired) electrons. The standard InChI is InChI=1S/C32H18Br4N4O8S2/c33-21-9-17(10-22(34)27(21)37-39-29-25(49(43,44)45)13-15-5-1-3-7-19(15)31(29)41)18-11-23(35)28(24(36)12-18)38-40-30-26(50(46,47)48)14-16-6-2-4-8-20(16)32(30)42/h1-14,41-42H,(H,43,44,45)(H,46,47,48)/b39-37+,40-38+. The van der Waals surface area contributed by atoms with Gasteiger partial charge in [-0.3, -0.25) is 9.11 Å². The van der Waals surface area contributed by atoms with Crippen LogP contribution in [0.3, 0.4) is 0 Å². The Hall–Kier alpha value is -3.62. The third-order valence-electron chi connectivity index (χ3n) is 7.34. The fraction of sp³-hybridized carbons (Fsp3) is 0. The van der Waals surface area contributed by atoms with Gasteiger partial charge in [-0.05, 0) is 122 Å². The number of fused-ring (bicyclic) bond motifs is 2. The third kappa shape index (κ3) is 7.11. The van der Waals surface area contributed by atoms with Crippen molar-refractivity contribution in [1.82, 2.24) is 0 Å². The number of aromatic hydroxyl groups is 2. The summed E-state index contributed by atoms with van der Waals surface area (Å²) in [5, 5.41) is 39.5. The highest BCUT2D eigenvalue weighted by molar-refractivity contribution is 9.11. The summed E-state index contributed by atoms with van der Waals surface area (Å²) in [6, 6.07) is 22.2. The zero-order valence-electron chi connectivity index (χ0n) is 24.6. The first kappa shape index (κ1) is 36.2. The van der Waals surface area contributed by atoms with Gasteiger partial charge in [-0.1, -0.05) is 48.5 Å².